The standard InChI is InChI=1S/C7H17N.C3H6/c1-7(2)5-6-8(3)4;1-3-2/h7H,5-6H2,1-4H3;3H,1H2,2H3. The Hall–Kier alpha value is -0.300. The molecule has 0 aliphatic rings. The Labute approximate surface area is 72.1 Å². The summed E-state index contributed by atoms with van der Waals surface area (Å²) in [6, 6.07) is 0. The zero-order chi connectivity index (χ0) is 9.28. The molecule has 0 atom stereocenters. The average molecular weight is 157 g/mol. The monoisotopic (exact) mass is 157 g/mol. The quantitative estimate of drug-likeness (QED) is 0.569. The Morgan fingerprint density at radius 3 is 1.82 bits per heavy atom. The maximum Gasteiger partial charge on any atom is -0.00224 e. The number of allylic oxidation sites excluding steroid dienone is 1. The summed E-state index contributed by atoms with van der Waals surface area (Å²) in [5.41, 5.74) is 0. The molecular weight excluding hydrogens is 134 g/mol. The van der Waals surface area contributed by atoms with E-state index in [4.69, 9.17) is 0 Å². The van der Waals surface area contributed by atoms with Crippen LogP contribution in [0.2, 0.25) is 0 Å². The second-order valence-electron chi connectivity index (χ2n) is 3.39. The van der Waals surface area contributed by atoms with Crippen LogP contribution < -0.4 is 0 Å². The third-order valence-electron chi connectivity index (χ3n) is 1.15. The fourth-order valence-electron chi connectivity index (χ4n) is 0.516. The highest BCUT2D eigenvalue weighted by molar-refractivity contribution is 4.51. The molecule has 0 aromatic rings. The van der Waals surface area contributed by atoms with E-state index in [1.54, 1.807) is 6.08 Å². The zero-order valence-electron chi connectivity index (χ0n) is 8.72. The molecule has 1 nitrogen and oxygen atoms in total. The molecule has 0 saturated carbocycles. The summed E-state index contributed by atoms with van der Waals surface area (Å²) in [5.74, 6) is 0.845. The molecule has 0 N–H and O–H groups in total. The van der Waals surface area contributed by atoms with E-state index in [9.17, 15) is 0 Å². The van der Waals surface area contributed by atoms with Crippen molar-refractivity contribution in [1.82, 2.24) is 4.90 Å². The van der Waals surface area contributed by atoms with Crippen molar-refractivity contribution < 1.29 is 0 Å². The van der Waals surface area contributed by atoms with Crippen LogP contribution in [-0.4, -0.2) is 25.5 Å². The van der Waals surface area contributed by atoms with Crippen LogP contribution in [0.25, 0.3) is 0 Å². The first kappa shape index (κ1) is 13.3. The second-order valence-corrected chi connectivity index (χ2v) is 3.39. The van der Waals surface area contributed by atoms with Crippen LogP contribution in [0.4, 0.5) is 0 Å². The lowest BCUT2D eigenvalue weighted by molar-refractivity contribution is 0.369. The molecular formula is C10H23N. The van der Waals surface area contributed by atoms with Gasteiger partial charge < -0.3 is 4.90 Å². The first-order valence-corrected chi connectivity index (χ1v) is 4.26. The molecule has 0 aromatic carbocycles. The fourth-order valence-corrected chi connectivity index (χ4v) is 0.516. The predicted octanol–water partition coefficient (Wildman–Crippen LogP) is 2.79. The van der Waals surface area contributed by atoms with E-state index in [-0.39, 0.29) is 0 Å². The molecule has 0 aliphatic carbocycles. The highest BCUT2D eigenvalue weighted by atomic mass is 15.0. The van der Waals surface area contributed by atoms with Gasteiger partial charge in [0.05, 0.1) is 0 Å². The number of nitrogens with zero attached hydrogens (tertiary/aromatic N) is 1. The van der Waals surface area contributed by atoms with Gasteiger partial charge in [0.1, 0.15) is 0 Å². The number of rotatable bonds is 3. The topological polar surface area (TPSA) is 3.24 Å². The summed E-state index contributed by atoms with van der Waals surface area (Å²) in [6.07, 6.45) is 3.06. The third kappa shape index (κ3) is 26.0. The van der Waals surface area contributed by atoms with Gasteiger partial charge in [-0.3, -0.25) is 0 Å². The molecule has 0 saturated heterocycles. The van der Waals surface area contributed by atoms with E-state index in [1.807, 2.05) is 6.92 Å². The Balaban J connectivity index is 0. The summed E-state index contributed by atoms with van der Waals surface area (Å²) >= 11 is 0. The van der Waals surface area contributed by atoms with Crippen LogP contribution in [0.5, 0.6) is 0 Å². The van der Waals surface area contributed by atoms with Crippen LogP contribution in [0.3, 0.4) is 0 Å². The van der Waals surface area contributed by atoms with E-state index in [2.05, 4.69) is 39.4 Å². The van der Waals surface area contributed by atoms with Gasteiger partial charge in [-0.05, 0) is 39.9 Å². The maximum absolute atomic E-state index is 3.36. The first-order chi connectivity index (χ1) is 5.04. The summed E-state index contributed by atoms with van der Waals surface area (Å²) in [7, 11) is 4.23. The minimum Gasteiger partial charge on any atom is -0.309 e. The van der Waals surface area contributed by atoms with Crippen LogP contribution in [0.15, 0.2) is 12.7 Å². The van der Waals surface area contributed by atoms with Gasteiger partial charge in [-0.25, -0.2) is 0 Å². The van der Waals surface area contributed by atoms with Crippen molar-refractivity contribution in [2.24, 2.45) is 5.92 Å². The first-order valence-electron chi connectivity index (χ1n) is 4.26. The molecule has 0 fully saturated rings. The van der Waals surface area contributed by atoms with Crippen LogP contribution in [0, 0.1) is 5.92 Å². The van der Waals surface area contributed by atoms with Crippen LogP contribution in [-0.2, 0) is 0 Å². The molecule has 0 radical (unpaired) electrons. The van der Waals surface area contributed by atoms with Crippen molar-refractivity contribution in [3.05, 3.63) is 12.7 Å². The van der Waals surface area contributed by atoms with Gasteiger partial charge in [0.25, 0.3) is 0 Å². The lowest BCUT2D eigenvalue weighted by Crippen LogP contribution is -2.14. The lowest BCUT2D eigenvalue weighted by atomic mass is 10.1. The van der Waals surface area contributed by atoms with E-state index in [1.165, 1.54) is 13.0 Å². The minimum atomic E-state index is 0.845. The fraction of sp³-hybridized carbons (Fsp3) is 0.800. The lowest BCUT2D eigenvalue weighted by Gasteiger charge is -2.10. The second kappa shape index (κ2) is 9.70. The van der Waals surface area contributed by atoms with Gasteiger partial charge >= 0.3 is 0 Å². The molecule has 0 bridgehead atoms. The van der Waals surface area contributed by atoms with Crippen molar-refractivity contribution in [3.8, 4) is 0 Å². The molecule has 0 spiro atoms. The molecule has 0 heterocycles. The van der Waals surface area contributed by atoms with Gasteiger partial charge in [0.15, 0.2) is 0 Å². The highest BCUT2D eigenvalue weighted by Crippen LogP contribution is 1.98. The minimum absolute atomic E-state index is 0.845. The highest BCUT2D eigenvalue weighted by Gasteiger charge is 1.93. The summed E-state index contributed by atoms with van der Waals surface area (Å²) in [6.45, 7) is 11.0. The number of hydrogen-bond acceptors (Lipinski definition) is 1. The molecule has 11 heavy (non-hydrogen) atoms. The SMILES string of the molecule is C=CC.CC(C)CCN(C)C. The van der Waals surface area contributed by atoms with Crippen molar-refractivity contribution in [2.75, 3.05) is 20.6 Å². The summed E-state index contributed by atoms with van der Waals surface area (Å²) in [4.78, 5) is 2.22. The van der Waals surface area contributed by atoms with Crippen molar-refractivity contribution in [3.63, 3.8) is 0 Å². The van der Waals surface area contributed by atoms with Gasteiger partial charge in [-0.1, -0.05) is 19.9 Å². The maximum atomic E-state index is 3.36. The van der Waals surface area contributed by atoms with Gasteiger partial charge in [-0.2, -0.15) is 0 Å². The Morgan fingerprint density at radius 1 is 1.36 bits per heavy atom. The zero-order valence-corrected chi connectivity index (χ0v) is 8.72. The van der Waals surface area contributed by atoms with Gasteiger partial charge in [0, 0.05) is 0 Å². The summed E-state index contributed by atoms with van der Waals surface area (Å²) < 4.78 is 0. The van der Waals surface area contributed by atoms with Gasteiger partial charge in [0.2, 0.25) is 0 Å². The largest absolute Gasteiger partial charge is 0.309 e. The molecule has 0 rings (SSSR count). The van der Waals surface area contributed by atoms with Crippen molar-refractivity contribution in [2.45, 2.75) is 27.2 Å². The smallest absolute Gasteiger partial charge is 0.00224 e. The molecule has 68 valence electrons. The predicted molar refractivity (Wildman–Crippen MR) is 53.9 cm³/mol. The van der Waals surface area contributed by atoms with E-state index < -0.39 is 0 Å². The number of hydrogen-bond donors (Lipinski definition) is 0. The van der Waals surface area contributed by atoms with E-state index >= 15 is 0 Å². The third-order valence-corrected chi connectivity index (χ3v) is 1.15. The molecule has 1 heteroatoms. The Morgan fingerprint density at radius 2 is 1.73 bits per heavy atom. The van der Waals surface area contributed by atoms with Crippen molar-refractivity contribution in [1.29, 1.82) is 0 Å². The summed E-state index contributed by atoms with van der Waals surface area (Å²) in [5, 5.41) is 0. The molecule has 0 unspecified atom stereocenters. The van der Waals surface area contributed by atoms with Crippen molar-refractivity contribution >= 4 is 0 Å². The van der Waals surface area contributed by atoms with Crippen LogP contribution >= 0.6 is 0 Å². The van der Waals surface area contributed by atoms with Crippen LogP contribution in [0.1, 0.15) is 27.2 Å². The van der Waals surface area contributed by atoms with E-state index in [0.29, 0.717) is 0 Å². The Kier molecular flexibility index (Phi) is 11.7. The Bertz CT molecular complexity index is 66.9. The average Bonchev–Trinajstić information content (AvgIpc) is 1.85. The van der Waals surface area contributed by atoms with Gasteiger partial charge in [-0.15, -0.1) is 6.58 Å². The molecule has 0 aromatic heterocycles. The van der Waals surface area contributed by atoms with E-state index in [0.717, 1.165) is 5.92 Å². The molecule has 0 amide bonds. The molecule has 0 aliphatic heterocycles. The normalized spacial score (nSPS) is 9.36.